The summed E-state index contributed by atoms with van der Waals surface area (Å²) in [6.07, 6.45) is -5.36. The van der Waals surface area contributed by atoms with Crippen molar-refractivity contribution >= 4 is 40.5 Å². The van der Waals surface area contributed by atoms with E-state index in [1.54, 1.807) is 12.1 Å². The molecule has 0 spiro atoms. The fraction of sp³-hybridized carbons (Fsp3) is 0.219. The molecule has 1 unspecified atom stereocenters. The first-order chi connectivity index (χ1) is 20.0. The van der Waals surface area contributed by atoms with Crippen LogP contribution in [0, 0.1) is 0 Å². The Bertz CT molecular complexity index is 1560. The zero-order valence-corrected chi connectivity index (χ0v) is 24.4. The van der Waals surface area contributed by atoms with E-state index in [0.717, 1.165) is 17.7 Å². The number of hydrogen-bond acceptors (Lipinski definition) is 4. The van der Waals surface area contributed by atoms with Crippen molar-refractivity contribution in [2.24, 2.45) is 10.9 Å². The van der Waals surface area contributed by atoms with E-state index in [1.807, 2.05) is 48.5 Å². The van der Waals surface area contributed by atoms with Crippen molar-refractivity contribution in [3.05, 3.63) is 140 Å². The molecule has 4 nitrogen and oxygen atoms in total. The molecule has 0 amide bonds. The molecule has 10 heteroatoms. The van der Waals surface area contributed by atoms with Gasteiger partial charge < -0.3 is 10.6 Å². The van der Waals surface area contributed by atoms with Crippen LogP contribution < -0.4 is 5.73 Å². The molecule has 1 saturated heterocycles. The van der Waals surface area contributed by atoms with E-state index in [0.29, 0.717) is 18.7 Å². The number of nitrogens with zero attached hydrogens (tertiary/aromatic N) is 2. The molecule has 2 heterocycles. The minimum atomic E-state index is -4.80. The molecule has 0 saturated carbocycles. The Kier molecular flexibility index (Phi) is 7.52. The molecule has 0 aliphatic carbocycles. The molecule has 2 aliphatic rings. The fourth-order valence-electron chi connectivity index (χ4n) is 5.77. The first kappa shape index (κ1) is 29.0. The van der Waals surface area contributed by atoms with Gasteiger partial charge in [-0.15, -0.1) is 0 Å². The van der Waals surface area contributed by atoms with Gasteiger partial charge in [0.1, 0.15) is 0 Å². The van der Waals surface area contributed by atoms with Crippen LogP contribution in [0.2, 0.25) is 15.1 Å². The molecule has 1 atom stereocenters. The molecule has 4 aromatic carbocycles. The highest BCUT2D eigenvalue weighted by atomic mass is 35.5. The topological polar surface area (TPSA) is 50.9 Å². The Morgan fingerprint density at radius 1 is 0.786 bits per heavy atom. The summed E-state index contributed by atoms with van der Waals surface area (Å²) in [5, 5.41) is 3.62. The summed E-state index contributed by atoms with van der Waals surface area (Å²) < 4.78 is 43.3. The van der Waals surface area contributed by atoms with Crippen LogP contribution in [0.15, 0.2) is 102 Å². The van der Waals surface area contributed by atoms with Gasteiger partial charge in [-0.1, -0.05) is 125 Å². The second-order valence-corrected chi connectivity index (χ2v) is 11.9. The minimum Gasteiger partial charge on any atom is -0.374 e. The standard InChI is InChI=1S/C32H25Cl3F3N3O/c33-25-15-24(16-26(34)28(25)35)31(32(36,37)38)17-27(40-42-31)20-11-13-23(14-12-20)30(39)18-41(19-30)29(21-7-3-1-4-8-21)22-9-5-2-6-10-22/h1-16,29H,17-19,39H2. The number of benzene rings is 4. The predicted octanol–water partition coefficient (Wildman–Crippen LogP) is 8.49. The fourth-order valence-corrected chi connectivity index (χ4v) is 6.37. The van der Waals surface area contributed by atoms with Gasteiger partial charge in [0.05, 0.1) is 32.4 Å². The van der Waals surface area contributed by atoms with Gasteiger partial charge in [0.25, 0.3) is 5.60 Å². The molecule has 0 bridgehead atoms. The van der Waals surface area contributed by atoms with Gasteiger partial charge >= 0.3 is 6.18 Å². The lowest BCUT2D eigenvalue weighted by Gasteiger charge is -2.51. The number of hydrogen-bond donors (Lipinski definition) is 1. The molecule has 0 radical (unpaired) electrons. The summed E-state index contributed by atoms with van der Waals surface area (Å²) in [7, 11) is 0. The van der Waals surface area contributed by atoms with Crippen LogP contribution in [-0.2, 0) is 16.0 Å². The third-order valence-electron chi connectivity index (χ3n) is 8.00. The average Bonchev–Trinajstić information content (AvgIpc) is 3.43. The molecule has 2 N–H and O–H groups in total. The highest BCUT2D eigenvalue weighted by molar-refractivity contribution is 6.48. The summed E-state index contributed by atoms with van der Waals surface area (Å²) >= 11 is 18.1. The van der Waals surface area contributed by atoms with Crippen molar-refractivity contribution in [1.29, 1.82) is 0 Å². The monoisotopic (exact) mass is 629 g/mol. The predicted molar refractivity (Wildman–Crippen MR) is 160 cm³/mol. The molecule has 4 aromatic rings. The number of likely N-dealkylation sites (tertiary alicyclic amines) is 1. The van der Waals surface area contributed by atoms with Crippen LogP contribution in [0.5, 0.6) is 0 Å². The molecule has 1 fully saturated rings. The summed E-state index contributed by atoms with van der Waals surface area (Å²) in [6, 6.07) is 30.0. The molecule has 2 aliphatic heterocycles. The largest absolute Gasteiger partial charge is 0.435 e. The highest BCUT2D eigenvalue weighted by Crippen LogP contribution is 2.50. The van der Waals surface area contributed by atoms with Gasteiger partial charge in [0.15, 0.2) is 0 Å². The van der Waals surface area contributed by atoms with E-state index in [9.17, 15) is 13.2 Å². The lowest BCUT2D eigenvalue weighted by Crippen LogP contribution is -2.65. The van der Waals surface area contributed by atoms with E-state index in [-0.39, 0.29) is 32.4 Å². The molecule has 6 rings (SSSR count). The number of alkyl halides is 3. The van der Waals surface area contributed by atoms with Crippen LogP contribution in [0.4, 0.5) is 13.2 Å². The first-order valence-electron chi connectivity index (χ1n) is 13.2. The highest BCUT2D eigenvalue weighted by Gasteiger charge is 2.62. The van der Waals surface area contributed by atoms with Crippen LogP contribution in [0.3, 0.4) is 0 Å². The van der Waals surface area contributed by atoms with Gasteiger partial charge in [-0.25, -0.2) is 0 Å². The normalized spacial score (nSPS) is 20.2. The van der Waals surface area contributed by atoms with E-state index in [4.69, 9.17) is 45.4 Å². The summed E-state index contributed by atoms with van der Waals surface area (Å²) in [4.78, 5) is 7.46. The molecule has 42 heavy (non-hydrogen) atoms. The molecular weight excluding hydrogens is 606 g/mol. The first-order valence-corrected chi connectivity index (χ1v) is 14.3. The second kappa shape index (κ2) is 10.9. The Morgan fingerprint density at radius 3 is 1.81 bits per heavy atom. The van der Waals surface area contributed by atoms with Gasteiger partial charge in [0.2, 0.25) is 0 Å². The van der Waals surface area contributed by atoms with E-state index in [1.165, 1.54) is 11.1 Å². The van der Waals surface area contributed by atoms with Crippen LogP contribution in [-0.4, -0.2) is 29.9 Å². The molecular formula is C32H25Cl3F3N3O. The second-order valence-electron chi connectivity index (χ2n) is 10.7. The van der Waals surface area contributed by atoms with Crippen LogP contribution >= 0.6 is 34.8 Å². The third-order valence-corrected chi connectivity index (χ3v) is 9.19. The van der Waals surface area contributed by atoms with E-state index < -0.39 is 23.7 Å². The Morgan fingerprint density at radius 2 is 1.31 bits per heavy atom. The van der Waals surface area contributed by atoms with Crippen molar-refractivity contribution in [2.45, 2.75) is 29.8 Å². The minimum absolute atomic E-state index is 0.0294. The van der Waals surface area contributed by atoms with E-state index in [2.05, 4.69) is 34.3 Å². The van der Waals surface area contributed by atoms with Crippen molar-refractivity contribution in [3.63, 3.8) is 0 Å². The van der Waals surface area contributed by atoms with E-state index >= 15 is 0 Å². The Hall–Kier alpha value is -3.07. The maximum absolute atomic E-state index is 14.4. The average molecular weight is 631 g/mol. The molecule has 0 aromatic heterocycles. The lowest BCUT2D eigenvalue weighted by atomic mass is 9.79. The van der Waals surface area contributed by atoms with Gasteiger partial charge in [-0.2, -0.15) is 13.2 Å². The van der Waals surface area contributed by atoms with Gasteiger partial charge in [-0.05, 0) is 34.4 Å². The van der Waals surface area contributed by atoms with Crippen molar-refractivity contribution in [1.82, 2.24) is 4.90 Å². The Labute approximate surface area is 256 Å². The summed E-state index contributed by atoms with van der Waals surface area (Å²) in [5.41, 5.74) is 7.12. The van der Waals surface area contributed by atoms with Crippen LogP contribution in [0.1, 0.15) is 40.3 Å². The smallest absolute Gasteiger partial charge is 0.374 e. The number of oxime groups is 1. The molecule has 216 valence electrons. The SMILES string of the molecule is NC1(c2ccc(C3=NOC(c4cc(Cl)c(Cl)c(Cl)c4)(C(F)(F)F)C3)cc2)CN(C(c2ccccc2)c2ccccc2)C1. The maximum Gasteiger partial charge on any atom is 0.435 e. The third kappa shape index (κ3) is 5.07. The van der Waals surface area contributed by atoms with Gasteiger partial charge in [0, 0.05) is 25.1 Å². The van der Waals surface area contributed by atoms with Gasteiger partial charge in [-0.3, -0.25) is 4.90 Å². The zero-order chi connectivity index (χ0) is 29.7. The number of nitrogens with two attached hydrogens (primary N) is 1. The van der Waals surface area contributed by atoms with Crippen molar-refractivity contribution in [3.8, 4) is 0 Å². The summed E-state index contributed by atoms with van der Waals surface area (Å²) in [6.45, 7) is 1.22. The van der Waals surface area contributed by atoms with Crippen molar-refractivity contribution < 1.29 is 18.0 Å². The van der Waals surface area contributed by atoms with Crippen molar-refractivity contribution in [2.75, 3.05) is 13.1 Å². The quantitative estimate of drug-likeness (QED) is 0.218. The number of rotatable bonds is 6. The number of halogens is 6. The Balaban J connectivity index is 1.21. The summed E-state index contributed by atoms with van der Waals surface area (Å²) in [5.74, 6) is 0. The zero-order valence-electron chi connectivity index (χ0n) is 22.1. The maximum atomic E-state index is 14.4. The van der Waals surface area contributed by atoms with Crippen LogP contribution in [0.25, 0.3) is 0 Å². The lowest BCUT2D eigenvalue weighted by molar-refractivity contribution is -0.275.